The van der Waals surface area contributed by atoms with Gasteiger partial charge in [0.1, 0.15) is 17.2 Å². The molecule has 4 saturated heterocycles. The number of ketones is 2. The van der Waals surface area contributed by atoms with Gasteiger partial charge in [-0.25, -0.2) is 0 Å². The molecule has 0 aromatic rings. The number of Topliss-reactive ketones (excluding diaryl/α,β-unsaturated/α-hetero) is 2. The molecular weight excluding hydrogens is 324 g/mol. The number of rotatable bonds is 2. The highest BCUT2D eigenvalue weighted by molar-refractivity contribution is 5.82. The van der Waals surface area contributed by atoms with E-state index in [1.807, 2.05) is 0 Å². The fraction of sp³-hybridized carbons (Fsp3) is 0.882. The van der Waals surface area contributed by atoms with Crippen molar-refractivity contribution < 1.29 is 19.3 Å². The van der Waals surface area contributed by atoms with Crippen molar-refractivity contribution in [1.29, 1.82) is 0 Å². The van der Waals surface area contributed by atoms with Gasteiger partial charge in [-0.1, -0.05) is 0 Å². The van der Waals surface area contributed by atoms with Crippen molar-refractivity contribution >= 4 is 11.6 Å². The van der Waals surface area contributed by atoms with E-state index in [1.54, 1.807) is 13.8 Å². The third-order valence-corrected chi connectivity index (χ3v) is 5.69. The number of carbonyl (C=O) groups excluding carboxylic acids is 2. The van der Waals surface area contributed by atoms with Gasteiger partial charge in [0.25, 0.3) is 0 Å². The Kier molecular flexibility index (Phi) is 5.87. The summed E-state index contributed by atoms with van der Waals surface area (Å²) < 4.78 is 0. The SMILES string of the molecule is CC(=O)C1CC2(CCNC2)ON1.CC(=O)C1CC2(CCNCC2)ON1. The van der Waals surface area contributed by atoms with Crippen LogP contribution in [0.4, 0.5) is 0 Å². The lowest BCUT2D eigenvalue weighted by atomic mass is 9.86. The minimum absolute atomic E-state index is 0.0679. The lowest BCUT2D eigenvalue weighted by Crippen LogP contribution is -2.42. The van der Waals surface area contributed by atoms with Gasteiger partial charge in [0, 0.05) is 19.4 Å². The number of piperidine rings is 1. The summed E-state index contributed by atoms with van der Waals surface area (Å²) in [5.74, 6) is 0.342. The summed E-state index contributed by atoms with van der Waals surface area (Å²) in [6.45, 7) is 7.05. The molecule has 25 heavy (non-hydrogen) atoms. The second-order valence-electron chi connectivity index (χ2n) is 7.72. The summed E-state index contributed by atoms with van der Waals surface area (Å²) in [6.07, 6.45) is 4.66. The van der Waals surface area contributed by atoms with Gasteiger partial charge in [0.05, 0.1) is 17.7 Å². The van der Waals surface area contributed by atoms with Gasteiger partial charge >= 0.3 is 0 Å². The van der Waals surface area contributed by atoms with Crippen LogP contribution in [0.2, 0.25) is 0 Å². The van der Waals surface area contributed by atoms with Crippen molar-refractivity contribution in [2.24, 2.45) is 0 Å². The Morgan fingerprint density at radius 2 is 1.28 bits per heavy atom. The van der Waals surface area contributed by atoms with E-state index in [0.29, 0.717) is 0 Å². The fourth-order valence-electron chi connectivity index (χ4n) is 3.93. The Labute approximate surface area is 148 Å². The Balaban J connectivity index is 0.000000146. The van der Waals surface area contributed by atoms with Gasteiger partial charge in [0.2, 0.25) is 0 Å². The zero-order valence-corrected chi connectivity index (χ0v) is 15.2. The van der Waals surface area contributed by atoms with Crippen LogP contribution < -0.4 is 21.6 Å². The fourth-order valence-corrected chi connectivity index (χ4v) is 3.93. The first-order valence-corrected chi connectivity index (χ1v) is 9.23. The lowest BCUT2D eigenvalue weighted by Gasteiger charge is -2.31. The normalized spacial score (nSPS) is 36.4. The number of hydrogen-bond acceptors (Lipinski definition) is 8. The Bertz CT molecular complexity index is 501. The summed E-state index contributed by atoms with van der Waals surface area (Å²) in [6, 6.07) is -0.178. The second-order valence-corrected chi connectivity index (χ2v) is 7.72. The molecule has 8 heteroatoms. The van der Waals surface area contributed by atoms with Crippen molar-refractivity contribution in [3.05, 3.63) is 0 Å². The van der Waals surface area contributed by atoms with E-state index in [9.17, 15) is 9.59 Å². The zero-order chi connectivity index (χ0) is 17.9. The van der Waals surface area contributed by atoms with Gasteiger partial charge in [-0.2, -0.15) is 11.0 Å². The molecule has 8 nitrogen and oxygen atoms in total. The molecule has 0 aromatic heterocycles. The average Bonchev–Trinajstić information content (AvgIpc) is 3.31. The van der Waals surface area contributed by atoms with Gasteiger partial charge in [-0.3, -0.25) is 19.3 Å². The molecule has 0 aliphatic carbocycles. The zero-order valence-electron chi connectivity index (χ0n) is 15.2. The van der Waals surface area contributed by atoms with E-state index >= 15 is 0 Å². The molecule has 142 valence electrons. The molecule has 4 fully saturated rings. The molecule has 0 saturated carbocycles. The minimum Gasteiger partial charge on any atom is -0.317 e. The Hall–Kier alpha value is -0.900. The smallest absolute Gasteiger partial charge is 0.149 e. The first-order chi connectivity index (χ1) is 11.9. The van der Waals surface area contributed by atoms with Crippen molar-refractivity contribution in [3.63, 3.8) is 0 Å². The van der Waals surface area contributed by atoms with Crippen LogP contribution >= 0.6 is 0 Å². The van der Waals surface area contributed by atoms with Crippen molar-refractivity contribution in [2.75, 3.05) is 26.2 Å². The monoisotopic (exact) mass is 354 g/mol. The molecule has 0 aromatic carbocycles. The summed E-state index contributed by atoms with van der Waals surface area (Å²) in [7, 11) is 0. The van der Waals surface area contributed by atoms with E-state index < -0.39 is 0 Å². The summed E-state index contributed by atoms with van der Waals surface area (Å²) in [5.41, 5.74) is 5.47. The predicted octanol–water partition coefficient (Wildman–Crippen LogP) is -0.408. The van der Waals surface area contributed by atoms with Crippen molar-refractivity contribution in [1.82, 2.24) is 21.6 Å². The number of nitrogens with one attached hydrogen (secondary N) is 4. The molecule has 4 aliphatic heterocycles. The quantitative estimate of drug-likeness (QED) is 0.531. The van der Waals surface area contributed by atoms with E-state index in [0.717, 1.165) is 58.3 Å². The molecule has 4 heterocycles. The highest BCUT2D eigenvalue weighted by Gasteiger charge is 2.44. The van der Waals surface area contributed by atoms with E-state index in [1.165, 1.54) is 0 Å². The molecule has 4 N–H and O–H groups in total. The van der Waals surface area contributed by atoms with E-state index in [4.69, 9.17) is 9.68 Å². The van der Waals surface area contributed by atoms with Crippen LogP contribution in [0, 0.1) is 0 Å². The van der Waals surface area contributed by atoms with Crippen LogP contribution in [0.1, 0.15) is 46.0 Å². The molecule has 0 amide bonds. The molecule has 4 rings (SSSR count). The molecule has 0 radical (unpaired) electrons. The highest BCUT2D eigenvalue weighted by Crippen LogP contribution is 2.32. The third-order valence-electron chi connectivity index (χ3n) is 5.69. The lowest BCUT2D eigenvalue weighted by molar-refractivity contribution is -0.121. The summed E-state index contributed by atoms with van der Waals surface area (Å²) >= 11 is 0. The van der Waals surface area contributed by atoms with Gasteiger partial charge in [0.15, 0.2) is 0 Å². The van der Waals surface area contributed by atoms with Crippen molar-refractivity contribution in [3.8, 4) is 0 Å². The van der Waals surface area contributed by atoms with Crippen LogP contribution in [0.5, 0.6) is 0 Å². The number of hydrogen-bond donors (Lipinski definition) is 4. The largest absolute Gasteiger partial charge is 0.317 e. The van der Waals surface area contributed by atoms with Gasteiger partial charge in [-0.15, -0.1) is 0 Å². The maximum absolute atomic E-state index is 11.1. The van der Waals surface area contributed by atoms with Crippen LogP contribution in [0.25, 0.3) is 0 Å². The molecule has 3 atom stereocenters. The average molecular weight is 354 g/mol. The third kappa shape index (κ3) is 4.45. The molecular formula is C17H30N4O4. The standard InChI is InChI=1S/C9H16N2O2.C8H14N2O2/c1-7(12)8-6-9(13-11-8)2-4-10-5-3-9;1-6(11)7-4-8(12-10-7)2-3-9-5-8/h8,10-11H,2-6H2,1H3;7,9-10H,2-5H2,1H3. The second kappa shape index (κ2) is 7.77. The minimum atomic E-state index is -0.101. The van der Waals surface area contributed by atoms with Crippen molar-refractivity contribution in [2.45, 2.75) is 69.2 Å². The maximum Gasteiger partial charge on any atom is 0.149 e. The molecule has 2 spiro atoms. The van der Waals surface area contributed by atoms with E-state index in [2.05, 4.69) is 21.6 Å². The highest BCUT2D eigenvalue weighted by atomic mass is 16.7. The topological polar surface area (TPSA) is 101 Å². The van der Waals surface area contributed by atoms with E-state index in [-0.39, 0.29) is 34.9 Å². The Morgan fingerprint density at radius 3 is 1.76 bits per heavy atom. The summed E-state index contributed by atoms with van der Waals surface area (Å²) in [4.78, 5) is 33.1. The Morgan fingerprint density at radius 1 is 0.800 bits per heavy atom. The molecule has 4 aliphatic rings. The first kappa shape index (κ1) is 18.9. The molecule has 3 unspecified atom stereocenters. The number of hydroxylamine groups is 2. The van der Waals surface area contributed by atoms with Gasteiger partial charge < -0.3 is 10.6 Å². The summed E-state index contributed by atoms with van der Waals surface area (Å²) in [5, 5.41) is 6.53. The number of carbonyl (C=O) groups is 2. The van der Waals surface area contributed by atoms with Crippen LogP contribution in [0.3, 0.4) is 0 Å². The predicted molar refractivity (Wildman–Crippen MR) is 91.7 cm³/mol. The van der Waals surface area contributed by atoms with Crippen LogP contribution in [0.15, 0.2) is 0 Å². The first-order valence-electron chi connectivity index (χ1n) is 9.23. The van der Waals surface area contributed by atoms with Crippen LogP contribution in [-0.4, -0.2) is 61.0 Å². The molecule has 0 bridgehead atoms. The maximum atomic E-state index is 11.1. The van der Waals surface area contributed by atoms with Crippen LogP contribution in [-0.2, 0) is 19.3 Å². The van der Waals surface area contributed by atoms with Gasteiger partial charge in [-0.05, 0) is 52.7 Å².